The minimum absolute atomic E-state index is 0.299. The molecule has 0 aromatic heterocycles. The molecule has 0 saturated heterocycles. The van der Waals surface area contributed by atoms with Crippen molar-refractivity contribution in [2.45, 2.75) is 40.2 Å². The highest BCUT2D eigenvalue weighted by Crippen LogP contribution is 2.49. The molecule has 4 heteroatoms. The van der Waals surface area contributed by atoms with Crippen LogP contribution < -0.4 is 14.8 Å². The highest BCUT2D eigenvalue weighted by Gasteiger charge is 2.40. The molecule has 1 aromatic carbocycles. The lowest BCUT2D eigenvalue weighted by Gasteiger charge is -2.22. The molecule has 1 saturated carbocycles. The Balaban J connectivity index is 2.34. The predicted octanol–water partition coefficient (Wildman–Crippen LogP) is 4.44. The maximum absolute atomic E-state index is 6.51. The van der Waals surface area contributed by atoms with Gasteiger partial charge in [0.15, 0.2) is 11.5 Å². The summed E-state index contributed by atoms with van der Waals surface area (Å²) >= 11 is 6.51. The summed E-state index contributed by atoms with van der Waals surface area (Å²) in [5.74, 6) is 2.93. The first-order valence-corrected chi connectivity index (χ1v) is 8.32. The largest absolute Gasteiger partial charge is 0.490 e. The van der Waals surface area contributed by atoms with Crippen LogP contribution in [-0.2, 0) is 0 Å². The first kappa shape index (κ1) is 16.4. The average Bonchev–Trinajstić information content (AvgIpc) is 3.17. The molecule has 0 aliphatic heterocycles. The third kappa shape index (κ3) is 3.83. The van der Waals surface area contributed by atoms with Crippen molar-refractivity contribution in [3.8, 4) is 11.5 Å². The lowest BCUT2D eigenvalue weighted by atomic mass is 10.00. The fraction of sp³-hybridized carbons (Fsp3) is 0.647. The molecule has 1 N–H and O–H groups in total. The second kappa shape index (κ2) is 7.37. The minimum Gasteiger partial charge on any atom is -0.490 e. The van der Waals surface area contributed by atoms with Crippen molar-refractivity contribution in [2.24, 2.45) is 11.8 Å². The molecule has 1 aliphatic rings. The Morgan fingerprint density at radius 1 is 1.19 bits per heavy atom. The molecular formula is C17H26ClNO2. The molecule has 2 rings (SSSR count). The zero-order chi connectivity index (χ0) is 15.4. The fourth-order valence-electron chi connectivity index (χ4n) is 2.85. The fourth-order valence-corrected chi connectivity index (χ4v) is 3.12. The van der Waals surface area contributed by atoms with Gasteiger partial charge in [0.1, 0.15) is 0 Å². The second-order valence-corrected chi connectivity index (χ2v) is 6.01. The van der Waals surface area contributed by atoms with E-state index in [0.717, 1.165) is 34.5 Å². The van der Waals surface area contributed by atoms with Crippen molar-refractivity contribution >= 4 is 11.6 Å². The van der Waals surface area contributed by atoms with Crippen LogP contribution in [0.1, 0.15) is 45.7 Å². The van der Waals surface area contributed by atoms with Gasteiger partial charge in [-0.15, -0.1) is 0 Å². The summed E-state index contributed by atoms with van der Waals surface area (Å²) in [4.78, 5) is 0. The lowest BCUT2D eigenvalue weighted by molar-refractivity contribution is 0.287. The molecule has 1 fully saturated rings. The highest BCUT2D eigenvalue weighted by atomic mass is 35.5. The summed E-state index contributed by atoms with van der Waals surface area (Å²) in [7, 11) is 0. The zero-order valence-corrected chi connectivity index (χ0v) is 14.2. The molecule has 21 heavy (non-hydrogen) atoms. The first-order chi connectivity index (χ1) is 10.1. The van der Waals surface area contributed by atoms with E-state index in [2.05, 4.69) is 25.2 Å². The van der Waals surface area contributed by atoms with Gasteiger partial charge in [-0.1, -0.05) is 25.4 Å². The number of nitrogens with one attached hydrogen (secondary N) is 1. The van der Waals surface area contributed by atoms with Crippen LogP contribution in [0.15, 0.2) is 12.1 Å². The van der Waals surface area contributed by atoms with E-state index in [9.17, 15) is 0 Å². The van der Waals surface area contributed by atoms with Crippen LogP contribution in [0.2, 0.25) is 5.02 Å². The maximum Gasteiger partial charge on any atom is 0.162 e. The maximum atomic E-state index is 6.51. The summed E-state index contributed by atoms with van der Waals surface area (Å²) < 4.78 is 11.4. The smallest absolute Gasteiger partial charge is 0.162 e. The number of hydrogen-bond donors (Lipinski definition) is 1. The summed E-state index contributed by atoms with van der Waals surface area (Å²) in [6.07, 6.45) is 1.26. The number of rotatable bonds is 8. The van der Waals surface area contributed by atoms with E-state index in [4.69, 9.17) is 21.1 Å². The molecule has 1 aliphatic carbocycles. The molecule has 0 heterocycles. The van der Waals surface area contributed by atoms with E-state index < -0.39 is 0 Å². The van der Waals surface area contributed by atoms with Gasteiger partial charge in [0.2, 0.25) is 0 Å². The van der Waals surface area contributed by atoms with Crippen molar-refractivity contribution in [1.82, 2.24) is 5.32 Å². The van der Waals surface area contributed by atoms with E-state index in [0.29, 0.717) is 25.2 Å². The number of halogens is 1. The van der Waals surface area contributed by atoms with E-state index in [1.807, 2.05) is 19.9 Å². The molecular weight excluding hydrogens is 286 g/mol. The van der Waals surface area contributed by atoms with Crippen molar-refractivity contribution in [3.05, 3.63) is 22.7 Å². The zero-order valence-electron chi connectivity index (χ0n) is 13.4. The summed E-state index contributed by atoms with van der Waals surface area (Å²) in [6.45, 7) is 10.5. The number of hydrogen-bond acceptors (Lipinski definition) is 3. The van der Waals surface area contributed by atoms with Gasteiger partial charge in [0.25, 0.3) is 0 Å². The Hall–Kier alpha value is -0.930. The first-order valence-electron chi connectivity index (χ1n) is 7.94. The molecule has 3 atom stereocenters. The second-order valence-electron chi connectivity index (χ2n) is 5.60. The van der Waals surface area contributed by atoms with Gasteiger partial charge < -0.3 is 14.8 Å². The van der Waals surface area contributed by atoms with Crippen molar-refractivity contribution in [2.75, 3.05) is 19.8 Å². The standard InChI is InChI=1S/C17H26ClNO2/c1-5-19-17(12-8-11(12)4)13-9-15(20-6-2)16(21-7-3)10-14(13)18/h9-12,17,19H,5-8H2,1-4H3. The van der Waals surface area contributed by atoms with Crippen molar-refractivity contribution in [1.29, 1.82) is 0 Å². The molecule has 3 unspecified atom stereocenters. The SMILES string of the molecule is CCNC(c1cc(OCC)c(OCC)cc1Cl)C1CC1C. The minimum atomic E-state index is 0.299. The van der Waals surface area contributed by atoms with E-state index in [-0.39, 0.29) is 0 Å². The molecule has 0 spiro atoms. The molecule has 118 valence electrons. The van der Waals surface area contributed by atoms with Crippen molar-refractivity contribution < 1.29 is 9.47 Å². The van der Waals surface area contributed by atoms with Crippen LogP contribution in [0.3, 0.4) is 0 Å². The Labute approximate surface area is 133 Å². The Morgan fingerprint density at radius 2 is 1.76 bits per heavy atom. The summed E-state index contributed by atoms with van der Waals surface area (Å²) in [5.41, 5.74) is 1.12. The van der Waals surface area contributed by atoms with Gasteiger partial charge in [0, 0.05) is 17.1 Å². The Morgan fingerprint density at radius 3 is 2.24 bits per heavy atom. The molecule has 1 aromatic rings. The molecule has 0 bridgehead atoms. The normalized spacial score (nSPS) is 22.0. The Bertz CT molecular complexity index is 478. The monoisotopic (exact) mass is 311 g/mol. The average molecular weight is 312 g/mol. The highest BCUT2D eigenvalue weighted by molar-refractivity contribution is 6.31. The van der Waals surface area contributed by atoms with Crippen LogP contribution in [0.5, 0.6) is 11.5 Å². The van der Waals surface area contributed by atoms with Crippen LogP contribution in [0.25, 0.3) is 0 Å². The third-order valence-electron chi connectivity index (χ3n) is 4.02. The van der Waals surface area contributed by atoms with Crippen molar-refractivity contribution in [3.63, 3.8) is 0 Å². The molecule has 0 radical (unpaired) electrons. The van der Waals surface area contributed by atoms with Gasteiger partial charge >= 0.3 is 0 Å². The van der Waals surface area contributed by atoms with Gasteiger partial charge in [-0.05, 0) is 50.3 Å². The van der Waals surface area contributed by atoms with E-state index in [1.165, 1.54) is 6.42 Å². The van der Waals surface area contributed by atoms with Gasteiger partial charge in [-0.3, -0.25) is 0 Å². The topological polar surface area (TPSA) is 30.5 Å². The number of benzene rings is 1. The lowest BCUT2D eigenvalue weighted by Crippen LogP contribution is -2.23. The van der Waals surface area contributed by atoms with E-state index >= 15 is 0 Å². The summed E-state index contributed by atoms with van der Waals surface area (Å²) in [6, 6.07) is 4.24. The van der Waals surface area contributed by atoms with Crippen LogP contribution in [0.4, 0.5) is 0 Å². The molecule has 0 amide bonds. The predicted molar refractivity (Wildman–Crippen MR) is 87.5 cm³/mol. The van der Waals surface area contributed by atoms with E-state index in [1.54, 1.807) is 0 Å². The Kier molecular flexibility index (Phi) is 5.77. The van der Waals surface area contributed by atoms with Gasteiger partial charge in [-0.25, -0.2) is 0 Å². The van der Waals surface area contributed by atoms with Gasteiger partial charge in [-0.2, -0.15) is 0 Å². The number of ether oxygens (including phenoxy) is 2. The third-order valence-corrected chi connectivity index (χ3v) is 4.35. The van der Waals surface area contributed by atoms with Crippen LogP contribution in [-0.4, -0.2) is 19.8 Å². The van der Waals surface area contributed by atoms with Gasteiger partial charge in [0.05, 0.1) is 13.2 Å². The van der Waals surface area contributed by atoms with Crippen LogP contribution in [0, 0.1) is 11.8 Å². The quantitative estimate of drug-likeness (QED) is 0.769. The summed E-state index contributed by atoms with van der Waals surface area (Å²) in [5, 5.41) is 4.33. The molecule has 3 nitrogen and oxygen atoms in total. The van der Waals surface area contributed by atoms with Crippen LogP contribution >= 0.6 is 11.6 Å².